The van der Waals surface area contributed by atoms with Crippen molar-refractivity contribution in [3.63, 3.8) is 0 Å². The van der Waals surface area contributed by atoms with E-state index in [0.717, 1.165) is 23.1 Å². The van der Waals surface area contributed by atoms with Gasteiger partial charge in [-0.25, -0.2) is 8.42 Å². The summed E-state index contributed by atoms with van der Waals surface area (Å²) in [6, 6.07) is 13.9. The van der Waals surface area contributed by atoms with Crippen molar-refractivity contribution in [2.45, 2.75) is 37.6 Å². The van der Waals surface area contributed by atoms with Crippen molar-refractivity contribution in [2.24, 2.45) is 0 Å². The maximum atomic E-state index is 13.7. The molecule has 38 heavy (non-hydrogen) atoms. The standard InChI is InChI=1S/C28H33ClN2O5S2/c1-20-5-8-23(9-6-20)38(33,34)30(13-4-15-35-3)18-28(32)31-14-11-27-24(12-16-37-27)26(31)19-36-22-7-10-25(29)21(2)17-22/h5-10,12,16-17,26H,4,11,13-15,18-19H2,1-3H3/t26-/m0/s1. The van der Waals surface area contributed by atoms with Gasteiger partial charge in [0.05, 0.1) is 17.5 Å². The number of hydrogen-bond acceptors (Lipinski definition) is 6. The van der Waals surface area contributed by atoms with Gasteiger partial charge in [0.1, 0.15) is 12.4 Å². The third kappa shape index (κ3) is 6.58. The number of thiophene rings is 1. The lowest BCUT2D eigenvalue weighted by molar-refractivity contribution is -0.135. The monoisotopic (exact) mass is 576 g/mol. The number of ether oxygens (including phenoxy) is 2. The number of rotatable bonds is 11. The third-order valence-electron chi connectivity index (χ3n) is 6.68. The van der Waals surface area contributed by atoms with Crippen molar-refractivity contribution in [3.05, 3.63) is 80.5 Å². The van der Waals surface area contributed by atoms with E-state index in [1.165, 1.54) is 9.18 Å². The molecule has 2 heterocycles. The Bertz CT molecular complexity index is 1360. The Morgan fingerprint density at radius 3 is 2.63 bits per heavy atom. The largest absolute Gasteiger partial charge is 0.491 e. The number of carbonyl (C=O) groups excluding carboxylic acids is 1. The van der Waals surface area contributed by atoms with Crippen LogP contribution in [0.2, 0.25) is 5.02 Å². The molecule has 1 aliphatic rings. The predicted molar refractivity (Wildman–Crippen MR) is 151 cm³/mol. The van der Waals surface area contributed by atoms with Crippen molar-refractivity contribution < 1.29 is 22.7 Å². The summed E-state index contributed by atoms with van der Waals surface area (Å²) in [6.45, 7) is 4.89. The Kier molecular flexibility index (Phi) is 9.49. The molecule has 0 saturated heterocycles. The fourth-order valence-electron chi connectivity index (χ4n) is 4.53. The van der Waals surface area contributed by atoms with E-state index >= 15 is 0 Å². The van der Waals surface area contributed by atoms with Crippen LogP contribution < -0.4 is 4.74 Å². The van der Waals surface area contributed by atoms with Crippen LogP contribution in [0.4, 0.5) is 0 Å². The first-order chi connectivity index (χ1) is 18.2. The van der Waals surface area contributed by atoms with E-state index in [2.05, 4.69) is 0 Å². The van der Waals surface area contributed by atoms with E-state index < -0.39 is 10.0 Å². The smallest absolute Gasteiger partial charge is 0.243 e. The van der Waals surface area contributed by atoms with Gasteiger partial charge in [0, 0.05) is 36.7 Å². The highest BCUT2D eigenvalue weighted by molar-refractivity contribution is 7.89. The second kappa shape index (κ2) is 12.6. The van der Waals surface area contributed by atoms with Crippen molar-refractivity contribution >= 4 is 38.9 Å². The average molecular weight is 577 g/mol. The molecule has 0 fully saturated rings. The number of nitrogens with zero attached hydrogens (tertiary/aromatic N) is 2. The number of halogens is 1. The van der Waals surface area contributed by atoms with Crippen molar-refractivity contribution in [1.29, 1.82) is 0 Å². The SMILES string of the molecule is COCCCN(CC(=O)N1CCc2sccc2[C@@H]1COc1ccc(Cl)c(C)c1)S(=O)(=O)c1ccc(C)cc1. The molecular weight excluding hydrogens is 544 g/mol. The van der Waals surface area contributed by atoms with Crippen LogP contribution in [0.3, 0.4) is 0 Å². The number of amides is 1. The minimum Gasteiger partial charge on any atom is -0.491 e. The zero-order valence-electron chi connectivity index (χ0n) is 21.9. The normalized spacial score (nSPS) is 15.5. The maximum Gasteiger partial charge on any atom is 0.243 e. The van der Waals surface area contributed by atoms with Crippen LogP contribution >= 0.6 is 22.9 Å². The number of benzene rings is 2. The molecule has 0 unspecified atom stereocenters. The summed E-state index contributed by atoms with van der Waals surface area (Å²) in [5, 5.41) is 2.69. The Labute approximate surface area is 234 Å². The topological polar surface area (TPSA) is 76.2 Å². The molecule has 0 saturated carbocycles. The third-order valence-corrected chi connectivity index (χ3v) is 9.96. The van der Waals surface area contributed by atoms with E-state index in [1.807, 2.05) is 37.4 Å². The molecule has 4 rings (SSSR count). The summed E-state index contributed by atoms with van der Waals surface area (Å²) < 4.78 is 39.6. The molecule has 204 valence electrons. The molecule has 0 N–H and O–H groups in total. The maximum absolute atomic E-state index is 13.7. The van der Waals surface area contributed by atoms with Crippen LogP contribution in [0, 0.1) is 13.8 Å². The molecule has 0 radical (unpaired) electrons. The second-order valence-corrected chi connectivity index (χ2v) is 12.7. The van der Waals surface area contributed by atoms with Crippen LogP contribution in [-0.4, -0.2) is 63.5 Å². The van der Waals surface area contributed by atoms with Gasteiger partial charge in [0.25, 0.3) is 0 Å². The van der Waals surface area contributed by atoms with Crippen molar-refractivity contribution in [1.82, 2.24) is 9.21 Å². The number of fused-ring (bicyclic) bond motifs is 1. The zero-order valence-corrected chi connectivity index (χ0v) is 24.2. The lowest BCUT2D eigenvalue weighted by Gasteiger charge is -2.37. The minimum absolute atomic E-state index is 0.171. The summed E-state index contributed by atoms with van der Waals surface area (Å²) >= 11 is 7.83. The van der Waals surface area contributed by atoms with Crippen LogP contribution in [0.5, 0.6) is 5.75 Å². The highest BCUT2D eigenvalue weighted by Crippen LogP contribution is 2.34. The van der Waals surface area contributed by atoms with Gasteiger partial charge in [-0.05, 0) is 79.6 Å². The van der Waals surface area contributed by atoms with Crippen LogP contribution in [0.1, 0.15) is 34.0 Å². The first-order valence-corrected chi connectivity index (χ1v) is 15.2. The lowest BCUT2D eigenvalue weighted by Crippen LogP contribution is -2.48. The van der Waals surface area contributed by atoms with E-state index in [0.29, 0.717) is 30.3 Å². The van der Waals surface area contributed by atoms with Gasteiger partial charge in [-0.3, -0.25) is 4.79 Å². The molecule has 1 amide bonds. The van der Waals surface area contributed by atoms with E-state index in [-0.39, 0.29) is 36.5 Å². The van der Waals surface area contributed by atoms with Crippen molar-refractivity contribution in [3.8, 4) is 5.75 Å². The Balaban J connectivity index is 1.56. The zero-order chi connectivity index (χ0) is 27.3. The molecular formula is C28H33ClN2O5S2. The van der Waals surface area contributed by atoms with Gasteiger partial charge in [0.2, 0.25) is 15.9 Å². The highest BCUT2D eigenvalue weighted by atomic mass is 35.5. The first kappa shape index (κ1) is 28.6. The van der Waals surface area contributed by atoms with Crippen LogP contribution in [0.15, 0.2) is 58.8 Å². The highest BCUT2D eigenvalue weighted by Gasteiger charge is 2.35. The quantitative estimate of drug-likeness (QED) is 0.291. The summed E-state index contributed by atoms with van der Waals surface area (Å²) in [6.07, 6.45) is 1.20. The fourth-order valence-corrected chi connectivity index (χ4v) is 7.00. The summed E-state index contributed by atoms with van der Waals surface area (Å²) in [7, 11) is -2.30. The van der Waals surface area contributed by atoms with E-state index in [1.54, 1.807) is 53.7 Å². The predicted octanol–water partition coefficient (Wildman–Crippen LogP) is 5.25. The molecule has 7 nitrogen and oxygen atoms in total. The molecule has 0 spiro atoms. The number of hydrogen-bond donors (Lipinski definition) is 0. The fraction of sp³-hybridized carbons (Fsp3) is 0.393. The summed E-state index contributed by atoms with van der Waals surface area (Å²) in [4.78, 5) is 16.9. The molecule has 3 aromatic rings. The van der Waals surface area contributed by atoms with Crippen molar-refractivity contribution in [2.75, 3.05) is 40.0 Å². The molecule has 1 aromatic heterocycles. The van der Waals surface area contributed by atoms with Gasteiger partial charge >= 0.3 is 0 Å². The molecule has 0 bridgehead atoms. The van der Waals surface area contributed by atoms with Gasteiger partial charge in [-0.15, -0.1) is 11.3 Å². The van der Waals surface area contributed by atoms with Gasteiger partial charge < -0.3 is 14.4 Å². The Morgan fingerprint density at radius 1 is 1.16 bits per heavy atom. The Morgan fingerprint density at radius 2 is 1.92 bits per heavy atom. The summed E-state index contributed by atoms with van der Waals surface area (Å²) in [5.41, 5.74) is 2.92. The minimum atomic E-state index is -3.87. The second-order valence-electron chi connectivity index (χ2n) is 9.37. The van der Waals surface area contributed by atoms with Gasteiger partial charge in [-0.2, -0.15) is 4.31 Å². The Hall–Kier alpha value is -2.43. The van der Waals surface area contributed by atoms with Gasteiger partial charge in [-0.1, -0.05) is 29.3 Å². The number of aryl methyl sites for hydroxylation is 2. The molecule has 2 aromatic carbocycles. The molecule has 1 aliphatic heterocycles. The summed E-state index contributed by atoms with van der Waals surface area (Å²) in [5.74, 6) is 0.417. The molecule has 0 aliphatic carbocycles. The first-order valence-electron chi connectivity index (χ1n) is 12.5. The van der Waals surface area contributed by atoms with E-state index in [9.17, 15) is 13.2 Å². The lowest BCUT2D eigenvalue weighted by atomic mass is 10.0. The number of methoxy groups -OCH3 is 1. The van der Waals surface area contributed by atoms with Gasteiger partial charge in [0.15, 0.2) is 0 Å². The number of sulfonamides is 1. The van der Waals surface area contributed by atoms with E-state index in [4.69, 9.17) is 21.1 Å². The number of carbonyl (C=O) groups is 1. The van der Waals surface area contributed by atoms with Crippen LogP contribution in [0.25, 0.3) is 0 Å². The average Bonchev–Trinajstić information content (AvgIpc) is 3.38. The van der Waals surface area contributed by atoms with Crippen LogP contribution in [-0.2, 0) is 26.0 Å². The molecule has 1 atom stereocenters. The molecule has 10 heteroatoms.